The number of para-hydroxylation sites is 1. The maximum atomic E-state index is 12.6. The summed E-state index contributed by atoms with van der Waals surface area (Å²) in [4.78, 5) is 19.4. The molecule has 6 rings (SSSR count). The molecule has 8 heteroatoms. The van der Waals surface area contributed by atoms with Gasteiger partial charge in [0.25, 0.3) is 5.91 Å². The third-order valence-electron chi connectivity index (χ3n) is 8.03. The highest BCUT2D eigenvalue weighted by Gasteiger charge is 2.42. The van der Waals surface area contributed by atoms with Gasteiger partial charge in [-0.15, -0.1) is 0 Å². The fraction of sp³-hybridized carbons (Fsp3) is 0.194. The van der Waals surface area contributed by atoms with E-state index < -0.39 is 0 Å². The van der Waals surface area contributed by atoms with Crippen LogP contribution in [0.5, 0.6) is 5.75 Å². The molecule has 3 heterocycles. The lowest BCUT2D eigenvalue weighted by Gasteiger charge is -2.28. The van der Waals surface area contributed by atoms with Crippen molar-refractivity contribution < 1.29 is 9.53 Å². The summed E-state index contributed by atoms with van der Waals surface area (Å²) in [7, 11) is 0. The van der Waals surface area contributed by atoms with E-state index in [-0.39, 0.29) is 24.6 Å². The first-order valence-corrected chi connectivity index (χ1v) is 15.1. The van der Waals surface area contributed by atoms with E-state index in [9.17, 15) is 4.79 Å². The van der Waals surface area contributed by atoms with Gasteiger partial charge in [0.15, 0.2) is 11.7 Å². The molecule has 1 aliphatic rings. The lowest BCUT2D eigenvalue weighted by atomic mass is 9.96. The summed E-state index contributed by atoms with van der Waals surface area (Å²) < 4.78 is 7.93. The van der Waals surface area contributed by atoms with Gasteiger partial charge in [-0.3, -0.25) is 9.78 Å². The highest BCUT2D eigenvalue weighted by molar-refractivity contribution is 7.80. The molecule has 222 valence electrons. The number of rotatable bonds is 8. The Labute approximate surface area is 263 Å². The second kappa shape index (κ2) is 12.3. The Bertz CT molecular complexity index is 1800. The van der Waals surface area contributed by atoms with E-state index in [0.29, 0.717) is 16.5 Å². The van der Waals surface area contributed by atoms with Crippen molar-refractivity contribution in [3.63, 3.8) is 0 Å². The van der Waals surface area contributed by atoms with Crippen LogP contribution in [0.15, 0.2) is 103 Å². The average Bonchev–Trinajstić information content (AvgIpc) is 3.53. The van der Waals surface area contributed by atoms with E-state index in [1.807, 2.05) is 79.0 Å². The number of carbonyl (C=O) groups excluding carboxylic acids is 1. The van der Waals surface area contributed by atoms with Crippen LogP contribution in [0.4, 0.5) is 11.4 Å². The first-order valence-electron chi connectivity index (χ1n) is 14.6. The Morgan fingerprint density at radius 2 is 1.68 bits per heavy atom. The number of nitrogens with one attached hydrogen (secondary N) is 2. The van der Waals surface area contributed by atoms with Crippen LogP contribution in [-0.2, 0) is 4.79 Å². The molecular formula is C36H35N5O2S. The van der Waals surface area contributed by atoms with Crippen LogP contribution in [0.1, 0.15) is 45.9 Å². The van der Waals surface area contributed by atoms with E-state index in [0.717, 1.165) is 22.8 Å². The van der Waals surface area contributed by atoms with Gasteiger partial charge >= 0.3 is 0 Å². The summed E-state index contributed by atoms with van der Waals surface area (Å²) in [6, 6.07) is 31.5. The van der Waals surface area contributed by atoms with E-state index in [1.54, 1.807) is 0 Å². The van der Waals surface area contributed by atoms with Gasteiger partial charge in [-0.25, -0.2) is 0 Å². The summed E-state index contributed by atoms with van der Waals surface area (Å²) in [6.07, 6.45) is 1.82. The number of hydrogen-bond donors (Lipinski definition) is 2. The van der Waals surface area contributed by atoms with Gasteiger partial charge in [0.2, 0.25) is 0 Å². The third-order valence-corrected chi connectivity index (χ3v) is 8.35. The maximum absolute atomic E-state index is 12.6. The first-order chi connectivity index (χ1) is 21.3. The van der Waals surface area contributed by atoms with Crippen LogP contribution >= 0.6 is 12.2 Å². The number of aryl methyl sites for hydroxylation is 3. The highest BCUT2D eigenvalue weighted by Crippen LogP contribution is 2.44. The fourth-order valence-corrected chi connectivity index (χ4v) is 6.28. The summed E-state index contributed by atoms with van der Waals surface area (Å²) in [5.74, 6) is 0.422. The number of anilines is 2. The van der Waals surface area contributed by atoms with Gasteiger partial charge in [-0.2, -0.15) is 0 Å². The molecule has 5 aromatic rings. The van der Waals surface area contributed by atoms with Gasteiger partial charge in [-0.05, 0) is 117 Å². The summed E-state index contributed by atoms with van der Waals surface area (Å²) in [5.41, 5.74) is 9.60. The molecule has 7 nitrogen and oxygen atoms in total. The Kier molecular flexibility index (Phi) is 8.17. The minimum Gasteiger partial charge on any atom is -0.484 e. The Balaban J connectivity index is 1.32. The molecule has 0 saturated carbocycles. The monoisotopic (exact) mass is 601 g/mol. The largest absolute Gasteiger partial charge is 0.484 e. The van der Waals surface area contributed by atoms with E-state index in [1.165, 1.54) is 22.4 Å². The first kappa shape index (κ1) is 29.1. The predicted octanol–water partition coefficient (Wildman–Crippen LogP) is 7.30. The SMILES string of the molecule is Cc1ccc(C)c(-n2c(C)cc([C@H]3[C@H](c4ccccn4)NC(=S)N3c3ccc(NC(=O)COc4ccccc4)cc3)c2C)c1. The lowest BCUT2D eigenvalue weighted by Crippen LogP contribution is -2.29. The molecule has 1 saturated heterocycles. The molecule has 44 heavy (non-hydrogen) atoms. The lowest BCUT2D eigenvalue weighted by molar-refractivity contribution is -0.118. The number of carbonyl (C=O) groups is 1. The second-order valence-electron chi connectivity index (χ2n) is 11.1. The van der Waals surface area contributed by atoms with Gasteiger partial charge in [0.05, 0.1) is 17.8 Å². The molecule has 0 aliphatic carbocycles. The van der Waals surface area contributed by atoms with Crippen LogP contribution in [0.2, 0.25) is 0 Å². The topological polar surface area (TPSA) is 71.4 Å². The van der Waals surface area contributed by atoms with Crippen LogP contribution in [-0.4, -0.2) is 27.2 Å². The number of hydrogen-bond acceptors (Lipinski definition) is 4. The van der Waals surface area contributed by atoms with Crippen molar-refractivity contribution in [2.75, 3.05) is 16.8 Å². The number of amides is 1. The van der Waals surface area contributed by atoms with Gasteiger partial charge in [-0.1, -0.05) is 36.4 Å². The number of pyridine rings is 1. The predicted molar refractivity (Wildman–Crippen MR) is 180 cm³/mol. The highest BCUT2D eigenvalue weighted by atomic mass is 32.1. The molecule has 2 aromatic heterocycles. The molecule has 2 N–H and O–H groups in total. The summed E-state index contributed by atoms with van der Waals surface area (Å²) >= 11 is 5.97. The van der Waals surface area contributed by atoms with Crippen LogP contribution in [0, 0.1) is 27.7 Å². The van der Waals surface area contributed by atoms with Gasteiger partial charge in [0.1, 0.15) is 5.75 Å². The number of ether oxygens (including phenoxy) is 1. The molecule has 1 amide bonds. The molecule has 0 radical (unpaired) electrons. The average molecular weight is 602 g/mol. The standard InChI is InChI=1S/C36H35N5O2S/c1-23-13-14-24(2)32(20-23)40-25(3)21-30(26(40)4)35-34(31-12-8-9-19-37-31)39-36(44)41(35)28-17-15-27(16-18-28)38-33(42)22-43-29-10-6-5-7-11-29/h5-21,34-35H,22H2,1-4H3,(H,38,42)(H,39,44)/t34-,35-/m0/s1. The third kappa shape index (κ3) is 5.81. The molecule has 0 spiro atoms. The van der Waals surface area contributed by atoms with Crippen molar-refractivity contribution >= 4 is 34.6 Å². The molecule has 3 aromatic carbocycles. The normalized spacial score (nSPS) is 16.1. The Morgan fingerprint density at radius 3 is 2.41 bits per heavy atom. The smallest absolute Gasteiger partial charge is 0.262 e. The minimum absolute atomic E-state index is 0.0737. The number of thiocarbonyl (C=S) groups is 1. The molecule has 1 aliphatic heterocycles. The number of benzene rings is 3. The van der Waals surface area contributed by atoms with Gasteiger partial charge in [0, 0.05) is 34.6 Å². The Hall–Kier alpha value is -4.95. The molecular weight excluding hydrogens is 566 g/mol. The maximum Gasteiger partial charge on any atom is 0.262 e. The van der Waals surface area contributed by atoms with Crippen LogP contribution < -0.4 is 20.3 Å². The summed E-state index contributed by atoms with van der Waals surface area (Å²) in [6.45, 7) is 8.53. The quantitative estimate of drug-likeness (QED) is 0.182. The molecule has 0 unspecified atom stereocenters. The van der Waals surface area contributed by atoms with E-state index in [4.69, 9.17) is 21.9 Å². The van der Waals surface area contributed by atoms with Crippen molar-refractivity contribution in [1.29, 1.82) is 0 Å². The summed E-state index contributed by atoms with van der Waals surface area (Å²) in [5, 5.41) is 7.10. The van der Waals surface area contributed by atoms with Crippen LogP contribution in [0.3, 0.4) is 0 Å². The van der Waals surface area contributed by atoms with Crippen molar-refractivity contribution in [3.8, 4) is 11.4 Å². The molecule has 2 atom stereocenters. The van der Waals surface area contributed by atoms with Crippen LogP contribution in [0.25, 0.3) is 5.69 Å². The zero-order chi connectivity index (χ0) is 30.8. The zero-order valence-electron chi connectivity index (χ0n) is 25.2. The molecule has 0 bridgehead atoms. The Morgan fingerprint density at radius 1 is 0.932 bits per heavy atom. The molecule has 1 fully saturated rings. The van der Waals surface area contributed by atoms with E-state index in [2.05, 4.69) is 72.1 Å². The van der Waals surface area contributed by atoms with E-state index >= 15 is 0 Å². The second-order valence-corrected chi connectivity index (χ2v) is 11.5. The van der Waals surface area contributed by atoms with Crippen molar-refractivity contribution in [2.45, 2.75) is 39.8 Å². The van der Waals surface area contributed by atoms with Crippen molar-refractivity contribution in [3.05, 3.63) is 137 Å². The minimum atomic E-state index is -0.230. The number of nitrogens with zero attached hydrogens (tertiary/aromatic N) is 3. The number of aromatic nitrogens is 2. The van der Waals surface area contributed by atoms with Crippen molar-refractivity contribution in [2.24, 2.45) is 0 Å². The van der Waals surface area contributed by atoms with Crippen molar-refractivity contribution in [1.82, 2.24) is 14.9 Å². The zero-order valence-corrected chi connectivity index (χ0v) is 26.1. The van der Waals surface area contributed by atoms with Gasteiger partial charge < -0.3 is 24.8 Å². The fourth-order valence-electron chi connectivity index (χ4n) is 5.94.